The van der Waals surface area contributed by atoms with E-state index in [1.54, 1.807) is 25.1 Å². The van der Waals surface area contributed by atoms with Crippen molar-refractivity contribution in [1.29, 1.82) is 0 Å². The number of hydrogen-bond acceptors (Lipinski definition) is 8. The van der Waals surface area contributed by atoms with Crippen LogP contribution in [0, 0.1) is 24.7 Å². The molecule has 0 radical (unpaired) electrons. The molecular formula is C23H25N5O3S. The normalized spacial score (nSPS) is 28.1. The fraction of sp³-hybridized carbons (Fsp3) is 0.522. The van der Waals surface area contributed by atoms with Crippen LogP contribution in [-0.2, 0) is 12.0 Å². The van der Waals surface area contributed by atoms with Gasteiger partial charge in [-0.25, -0.2) is 0 Å². The molecule has 0 spiro atoms. The Morgan fingerprint density at radius 1 is 1.16 bits per heavy atom. The van der Waals surface area contributed by atoms with Crippen LogP contribution in [0.2, 0.25) is 0 Å². The number of carbonyl (C=O) groups is 1. The van der Waals surface area contributed by atoms with Crippen LogP contribution in [0.5, 0.6) is 5.75 Å². The van der Waals surface area contributed by atoms with E-state index >= 15 is 0 Å². The van der Waals surface area contributed by atoms with Crippen LogP contribution >= 0.6 is 11.3 Å². The van der Waals surface area contributed by atoms with Crippen molar-refractivity contribution < 1.29 is 14.1 Å². The fourth-order valence-corrected chi connectivity index (χ4v) is 7.30. The SMILES string of the molecule is Cc1nc(COc2ccccc2C(=O)Nc2nnc(C34CC5CC(CC(C5)C3)C4)s2)no1. The zero-order chi connectivity index (χ0) is 21.7. The third-order valence-electron chi connectivity index (χ3n) is 7.20. The van der Waals surface area contributed by atoms with Crippen molar-refractivity contribution in [3.63, 3.8) is 0 Å². The summed E-state index contributed by atoms with van der Waals surface area (Å²) in [6.45, 7) is 1.84. The first-order chi connectivity index (χ1) is 15.6. The Morgan fingerprint density at radius 2 is 1.88 bits per heavy atom. The molecule has 1 aromatic carbocycles. The second-order valence-corrected chi connectivity index (χ2v) is 10.6. The molecule has 4 aliphatic rings. The zero-order valence-corrected chi connectivity index (χ0v) is 18.7. The monoisotopic (exact) mass is 451 g/mol. The summed E-state index contributed by atoms with van der Waals surface area (Å²) in [5.74, 6) is 3.62. The third kappa shape index (κ3) is 3.58. The van der Waals surface area contributed by atoms with Gasteiger partial charge in [-0.05, 0) is 68.4 Å². The molecule has 166 valence electrons. The summed E-state index contributed by atoms with van der Waals surface area (Å²) in [7, 11) is 0. The molecular weight excluding hydrogens is 426 g/mol. The van der Waals surface area contributed by atoms with Gasteiger partial charge in [0.2, 0.25) is 16.8 Å². The van der Waals surface area contributed by atoms with Gasteiger partial charge in [-0.2, -0.15) is 4.98 Å². The number of aryl methyl sites for hydroxylation is 1. The Labute approximate surface area is 189 Å². The highest BCUT2D eigenvalue weighted by Gasteiger charge is 2.53. The average Bonchev–Trinajstić information content (AvgIpc) is 3.41. The number of rotatable bonds is 6. The molecule has 9 heteroatoms. The highest BCUT2D eigenvalue weighted by atomic mass is 32.1. The lowest BCUT2D eigenvalue weighted by Gasteiger charge is -2.55. The second-order valence-electron chi connectivity index (χ2n) is 9.58. The van der Waals surface area contributed by atoms with Crippen molar-refractivity contribution in [1.82, 2.24) is 20.3 Å². The van der Waals surface area contributed by atoms with Crippen molar-refractivity contribution in [2.45, 2.75) is 57.5 Å². The predicted molar refractivity (Wildman–Crippen MR) is 118 cm³/mol. The first-order valence-corrected chi connectivity index (χ1v) is 12.0. The molecule has 7 rings (SSSR count). The molecule has 4 bridgehead atoms. The van der Waals surface area contributed by atoms with Crippen LogP contribution in [0.25, 0.3) is 0 Å². The standard InChI is InChI=1S/C23H25N5O3S/c1-13-24-19(28-31-13)12-30-18-5-3-2-4-17(18)20(29)25-22-27-26-21(32-22)23-9-14-6-15(10-23)8-16(7-14)11-23/h2-5,14-16H,6-12H2,1H3,(H,25,27,29). The van der Waals surface area contributed by atoms with E-state index in [0.29, 0.717) is 28.2 Å². The van der Waals surface area contributed by atoms with Crippen LogP contribution in [0.1, 0.15) is 65.6 Å². The molecule has 3 aromatic rings. The Morgan fingerprint density at radius 3 is 2.56 bits per heavy atom. The van der Waals surface area contributed by atoms with Gasteiger partial charge in [0.15, 0.2) is 6.61 Å². The number of para-hydroxylation sites is 1. The molecule has 0 unspecified atom stereocenters. The van der Waals surface area contributed by atoms with Gasteiger partial charge in [0.1, 0.15) is 10.8 Å². The molecule has 0 aliphatic heterocycles. The molecule has 0 atom stereocenters. The molecule has 2 aromatic heterocycles. The van der Waals surface area contributed by atoms with Crippen molar-refractivity contribution in [2.75, 3.05) is 5.32 Å². The number of amides is 1. The molecule has 32 heavy (non-hydrogen) atoms. The summed E-state index contributed by atoms with van der Waals surface area (Å²) >= 11 is 1.54. The molecule has 1 amide bonds. The van der Waals surface area contributed by atoms with Gasteiger partial charge in [0, 0.05) is 12.3 Å². The topological polar surface area (TPSA) is 103 Å². The number of aromatic nitrogens is 4. The Bertz CT molecular complexity index is 1120. The van der Waals surface area contributed by atoms with E-state index in [1.165, 1.54) is 49.9 Å². The summed E-state index contributed by atoms with van der Waals surface area (Å²) < 4.78 is 10.8. The maximum Gasteiger partial charge on any atom is 0.261 e. The fourth-order valence-electron chi connectivity index (χ4n) is 6.35. The van der Waals surface area contributed by atoms with Crippen LogP contribution in [-0.4, -0.2) is 26.2 Å². The Kier molecular flexibility index (Phi) is 4.74. The van der Waals surface area contributed by atoms with Crippen molar-refractivity contribution in [3.05, 3.63) is 46.6 Å². The highest BCUT2D eigenvalue weighted by Crippen LogP contribution is 2.61. The first-order valence-electron chi connectivity index (χ1n) is 11.2. The summed E-state index contributed by atoms with van der Waals surface area (Å²) in [5, 5.41) is 17.3. The van der Waals surface area contributed by atoms with Gasteiger partial charge in [-0.15, -0.1) is 10.2 Å². The number of nitrogens with zero attached hydrogens (tertiary/aromatic N) is 4. The van der Waals surface area contributed by atoms with E-state index < -0.39 is 0 Å². The Balaban J connectivity index is 1.17. The number of ether oxygens (including phenoxy) is 1. The van der Waals surface area contributed by atoms with E-state index in [2.05, 4.69) is 25.7 Å². The number of nitrogens with one attached hydrogen (secondary N) is 1. The lowest BCUT2D eigenvalue weighted by Crippen LogP contribution is -2.48. The second kappa shape index (κ2) is 7.65. The smallest absolute Gasteiger partial charge is 0.261 e. The van der Waals surface area contributed by atoms with Crippen molar-refractivity contribution in [3.8, 4) is 5.75 Å². The van der Waals surface area contributed by atoms with E-state index in [0.717, 1.165) is 22.8 Å². The van der Waals surface area contributed by atoms with Crippen LogP contribution in [0.15, 0.2) is 28.8 Å². The minimum atomic E-state index is -0.266. The van der Waals surface area contributed by atoms with Gasteiger partial charge in [0.05, 0.1) is 5.56 Å². The summed E-state index contributed by atoms with van der Waals surface area (Å²) in [4.78, 5) is 17.1. The minimum Gasteiger partial charge on any atom is -0.485 e. The van der Waals surface area contributed by atoms with Crippen molar-refractivity contribution in [2.24, 2.45) is 17.8 Å². The largest absolute Gasteiger partial charge is 0.485 e. The number of carbonyl (C=O) groups excluding carboxylic acids is 1. The molecule has 4 saturated carbocycles. The van der Waals surface area contributed by atoms with Gasteiger partial charge in [-0.3, -0.25) is 10.1 Å². The maximum atomic E-state index is 13.0. The predicted octanol–water partition coefficient (Wildman–Crippen LogP) is 4.53. The van der Waals surface area contributed by atoms with E-state index in [1.807, 2.05) is 6.07 Å². The minimum absolute atomic E-state index is 0.122. The lowest BCUT2D eigenvalue weighted by molar-refractivity contribution is -0.00555. The summed E-state index contributed by atoms with van der Waals surface area (Å²) in [5.41, 5.74) is 0.610. The molecule has 8 nitrogen and oxygen atoms in total. The quantitative estimate of drug-likeness (QED) is 0.587. The van der Waals surface area contributed by atoms with Gasteiger partial charge < -0.3 is 9.26 Å². The third-order valence-corrected chi connectivity index (χ3v) is 8.28. The van der Waals surface area contributed by atoms with Crippen molar-refractivity contribution >= 4 is 22.4 Å². The van der Waals surface area contributed by atoms with Gasteiger partial charge >= 0.3 is 0 Å². The van der Waals surface area contributed by atoms with Gasteiger partial charge in [-0.1, -0.05) is 28.6 Å². The van der Waals surface area contributed by atoms with Crippen LogP contribution < -0.4 is 10.1 Å². The zero-order valence-electron chi connectivity index (χ0n) is 17.9. The van der Waals surface area contributed by atoms with E-state index in [4.69, 9.17) is 9.26 Å². The maximum absolute atomic E-state index is 13.0. The first kappa shape index (κ1) is 19.8. The molecule has 2 heterocycles. The van der Waals surface area contributed by atoms with E-state index in [-0.39, 0.29) is 17.9 Å². The number of hydrogen-bond donors (Lipinski definition) is 1. The average molecular weight is 452 g/mol. The van der Waals surface area contributed by atoms with Crippen LogP contribution in [0.3, 0.4) is 0 Å². The summed E-state index contributed by atoms with van der Waals surface area (Å²) in [6.07, 6.45) is 7.86. The molecule has 4 aliphatic carbocycles. The number of anilines is 1. The Hall–Kier alpha value is -2.81. The summed E-state index contributed by atoms with van der Waals surface area (Å²) in [6, 6.07) is 7.11. The van der Waals surface area contributed by atoms with Crippen LogP contribution in [0.4, 0.5) is 5.13 Å². The van der Waals surface area contributed by atoms with E-state index in [9.17, 15) is 4.79 Å². The molecule has 0 saturated heterocycles. The molecule has 1 N–H and O–H groups in total. The lowest BCUT2D eigenvalue weighted by atomic mass is 9.50. The molecule has 4 fully saturated rings. The van der Waals surface area contributed by atoms with Gasteiger partial charge in [0.25, 0.3) is 5.91 Å². The highest BCUT2D eigenvalue weighted by molar-refractivity contribution is 7.15. The number of benzene rings is 1.